The van der Waals surface area contributed by atoms with Crippen molar-refractivity contribution in [1.29, 1.82) is 0 Å². The molecule has 4 unspecified atom stereocenters. The van der Waals surface area contributed by atoms with Gasteiger partial charge in [0.15, 0.2) is 0 Å². The first-order chi connectivity index (χ1) is 13.2. The van der Waals surface area contributed by atoms with Crippen LogP contribution in [0, 0.1) is 23.7 Å². The minimum atomic E-state index is -4.41. The molecule has 0 aromatic heterocycles. The second kappa shape index (κ2) is 6.46. The van der Waals surface area contributed by atoms with E-state index in [1.165, 1.54) is 24.1 Å². The molecule has 28 heavy (non-hydrogen) atoms. The Morgan fingerprint density at radius 2 is 1.61 bits per heavy atom. The van der Waals surface area contributed by atoms with Crippen molar-refractivity contribution >= 4 is 17.7 Å². The third kappa shape index (κ3) is 3.00. The Kier molecular flexibility index (Phi) is 4.32. The molecule has 1 aliphatic heterocycles. The van der Waals surface area contributed by atoms with Gasteiger partial charge in [-0.05, 0) is 36.0 Å². The molecule has 1 saturated heterocycles. The van der Waals surface area contributed by atoms with Gasteiger partial charge in [-0.3, -0.25) is 19.3 Å². The average molecular weight is 392 g/mol. The lowest BCUT2D eigenvalue weighted by molar-refractivity contribution is -0.146. The van der Waals surface area contributed by atoms with Crippen molar-refractivity contribution < 1.29 is 27.6 Å². The fourth-order valence-corrected chi connectivity index (χ4v) is 4.54. The van der Waals surface area contributed by atoms with Gasteiger partial charge in [-0.25, -0.2) is 0 Å². The zero-order valence-corrected chi connectivity index (χ0v) is 15.1. The highest BCUT2D eigenvalue weighted by molar-refractivity contribution is 6.08. The number of allylic oxidation sites excluding steroid dienone is 2. The zero-order valence-electron chi connectivity index (χ0n) is 15.1. The fourth-order valence-electron chi connectivity index (χ4n) is 4.54. The average Bonchev–Trinajstić information content (AvgIpc) is 3.31. The van der Waals surface area contributed by atoms with Crippen LogP contribution in [0.25, 0.3) is 0 Å². The second-order valence-electron chi connectivity index (χ2n) is 7.71. The van der Waals surface area contributed by atoms with Crippen molar-refractivity contribution in [2.45, 2.75) is 19.1 Å². The summed E-state index contributed by atoms with van der Waals surface area (Å²) in [5, 5.41) is 0. The van der Waals surface area contributed by atoms with Crippen molar-refractivity contribution in [3.05, 3.63) is 47.5 Å². The first kappa shape index (κ1) is 18.7. The maximum absolute atomic E-state index is 12.6. The van der Waals surface area contributed by atoms with E-state index in [4.69, 9.17) is 0 Å². The lowest BCUT2D eigenvalue weighted by Crippen LogP contribution is -2.42. The fraction of sp³-hybridized carbons (Fsp3) is 0.450. The summed E-state index contributed by atoms with van der Waals surface area (Å²) in [5.74, 6) is -1.55. The topological polar surface area (TPSA) is 57.7 Å². The van der Waals surface area contributed by atoms with Crippen LogP contribution in [0.3, 0.4) is 0 Å². The predicted octanol–water partition coefficient (Wildman–Crippen LogP) is 2.47. The third-order valence-electron chi connectivity index (χ3n) is 5.98. The molecule has 5 nitrogen and oxygen atoms in total. The summed E-state index contributed by atoms with van der Waals surface area (Å²) in [6, 6.07) is 4.55. The van der Waals surface area contributed by atoms with Gasteiger partial charge < -0.3 is 4.90 Å². The molecule has 1 saturated carbocycles. The molecule has 1 heterocycles. The Labute approximate surface area is 159 Å². The van der Waals surface area contributed by atoms with E-state index in [0.29, 0.717) is 5.56 Å². The SMILES string of the molecule is CN(Cc1ccc(C(F)(F)F)cc1)C(=O)CN1C(=O)C2C3C=CC(C3)C2C1=O. The summed E-state index contributed by atoms with van der Waals surface area (Å²) in [6.45, 7) is -0.242. The number of nitrogens with zero attached hydrogens (tertiary/aromatic N) is 2. The maximum atomic E-state index is 12.6. The molecule has 4 rings (SSSR count). The van der Waals surface area contributed by atoms with Crippen LogP contribution in [0.5, 0.6) is 0 Å². The van der Waals surface area contributed by atoms with E-state index in [1.807, 2.05) is 12.2 Å². The van der Waals surface area contributed by atoms with E-state index in [0.717, 1.165) is 23.5 Å². The molecule has 3 aliphatic rings. The second-order valence-corrected chi connectivity index (χ2v) is 7.71. The molecule has 2 bridgehead atoms. The lowest BCUT2D eigenvalue weighted by Gasteiger charge is -2.22. The van der Waals surface area contributed by atoms with Crippen LogP contribution in [-0.2, 0) is 27.1 Å². The minimum Gasteiger partial charge on any atom is -0.340 e. The smallest absolute Gasteiger partial charge is 0.340 e. The summed E-state index contributed by atoms with van der Waals surface area (Å²) < 4.78 is 37.9. The number of hydrogen-bond acceptors (Lipinski definition) is 3. The van der Waals surface area contributed by atoms with Gasteiger partial charge in [0.1, 0.15) is 6.54 Å². The number of likely N-dealkylation sites (N-methyl/N-ethyl adjacent to an activating group) is 1. The summed E-state index contributed by atoms with van der Waals surface area (Å²) >= 11 is 0. The Morgan fingerprint density at radius 1 is 1.07 bits per heavy atom. The van der Waals surface area contributed by atoms with Crippen LogP contribution in [0.2, 0.25) is 0 Å². The van der Waals surface area contributed by atoms with Gasteiger partial charge >= 0.3 is 6.18 Å². The quantitative estimate of drug-likeness (QED) is 0.584. The van der Waals surface area contributed by atoms with Crippen molar-refractivity contribution in [2.75, 3.05) is 13.6 Å². The molecule has 1 aromatic carbocycles. The highest BCUT2D eigenvalue weighted by Gasteiger charge is 2.59. The van der Waals surface area contributed by atoms with Crippen LogP contribution in [-0.4, -0.2) is 41.1 Å². The van der Waals surface area contributed by atoms with Crippen LogP contribution >= 0.6 is 0 Å². The zero-order chi connectivity index (χ0) is 20.2. The number of likely N-dealkylation sites (tertiary alicyclic amines) is 1. The number of hydrogen-bond donors (Lipinski definition) is 0. The number of halogens is 3. The predicted molar refractivity (Wildman–Crippen MR) is 92.4 cm³/mol. The molecule has 8 heteroatoms. The lowest BCUT2D eigenvalue weighted by atomic mass is 9.85. The molecule has 3 amide bonds. The molecule has 0 N–H and O–H groups in total. The number of amides is 3. The van der Waals surface area contributed by atoms with Gasteiger partial charge in [-0.15, -0.1) is 0 Å². The largest absolute Gasteiger partial charge is 0.416 e. The van der Waals surface area contributed by atoms with Crippen LogP contribution < -0.4 is 0 Å². The van der Waals surface area contributed by atoms with Gasteiger partial charge in [0.25, 0.3) is 0 Å². The highest BCUT2D eigenvalue weighted by Crippen LogP contribution is 2.52. The molecule has 1 aromatic rings. The van der Waals surface area contributed by atoms with Crippen molar-refractivity contribution in [3.63, 3.8) is 0 Å². The number of carbonyl (C=O) groups excluding carboxylic acids is 3. The molecular weight excluding hydrogens is 373 g/mol. The first-order valence-corrected chi connectivity index (χ1v) is 9.10. The van der Waals surface area contributed by atoms with Crippen LogP contribution in [0.1, 0.15) is 17.5 Å². The summed E-state index contributed by atoms with van der Waals surface area (Å²) in [4.78, 5) is 40.1. The highest BCUT2D eigenvalue weighted by atomic mass is 19.4. The van der Waals surface area contributed by atoms with Crippen molar-refractivity contribution in [2.24, 2.45) is 23.7 Å². The molecule has 0 spiro atoms. The van der Waals surface area contributed by atoms with Crippen LogP contribution in [0.15, 0.2) is 36.4 Å². The van der Waals surface area contributed by atoms with Gasteiger partial charge in [-0.2, -0.15) is 13.2 Å². The third-order valence-corrected chi connectivity index (χ3v) is 5.98. The Morgan fingerprint density at radius 3 is 2.11 bits per heavy atom. The van der Waals surface area contributed by atoms with Crippen molar-refractivity contribution in [3.8, 4) is 0 Å². The standard InChI is InChI=1S/C20H19F3N2O3/c1-24(9-11-2-6-14(7-3-11)20(21,22)23)15(26)10-25-18(27)16-12-4-5-13(8-12)17(16)19(25)28/h2-7,12-13,16-17H,8-10H2,1H3. The summed E-state index contributed by atoms with van der Waals surface area (Å²) in [5.41, 5.74) is -0.227. The van der Waals surface area contributed by atoms with E-state index in [-0.39, 0.29) is 48.6 Å². The van der Waals surface area contributed by atoms with Crippen molar-refractivity contribution in [1.82, 2.24) is 9.80 Å². The van der Waals surface area contributed by atoms with E-state index in [2.05, 4.69) is 0 Å². The normalized spacial score (nSPS) is 28.2. The number of benzene rings is 1. The number of alkyl halides is 3. The Balaban J connectivity index is 1.39. The van der Waals surface area contributed by atoms with E-state index >= 15 is 0 Å². The first-order valence-electron chi connectivity index (χ1n) is 9.10. The molecule has 2 fully saturated rings. The monoisotopic (exact) mass is 392 g/mol. The van der Waals surface area contributed by atoms with E-state index in [9.17, 15) is 27.6 Å². The van der Waals surface area contributed by atoms with Gasteiger partial charge in [0, 0.05) is 13.6 Å². The number of fused-ring (bicyclic) bond motifs is 5. The molecule has 0 radical (unpaired) electrons. The molecule has 2 aliphatic carbocycles. The molecule has 148 valence electrons. The van der Waals surface area contributed by atoms with E-state index < -0.39 is 17.6 Å². The molecule has 4 atom stereocenters. The maximum Gasteiger partial charge on any atom is 0.416 e. The van der Waals surface area contributed by atoms with Gasteiger partial charge in [-0.1, -0.05) is 24.3 Å². The van der Waals surface area contributed by atoms with Gasteiger partial charge in [0.2, 0.25) is 17.7 Å². The number of imide groups is 1. The van der Waals surface area contributed by atoms with Gasteiger partial charge in [0.05, 0.1) is 17.4 Å². The minimum absolute atomic E-state index is 0.0800. The Bertz CT molecular complexity index is 832. The van der Waals surface area contributed by atoms with E-state index in [1.54, 1.807) is 0 Å². The van der Waals surface area contributed by atoms with Crippen LogP contribution in [0.4, 0.5) is 13.2 Å². The molecular formula is C20H19F3N2O3. The summed E-state index contributed by atoms with van der Waals surface area (Å²) in [6.07, 6.45) is 0.379. The Hall–Kier alpha value is -2.64. The number of rotatable bonds is 4. The number of carbonyl (C=O) groups is 3. The summed E-state index contributed by atoms with van der Waals surface area (Å²) in [7, 11) is 1.50.